The number of rotatable bonds is 4. The summed E-state index contributed by atoms with van der Waals surface area (Å²) in [5.74, 6) is 1.03. The van der Waals surface area contributed by atoms with E-state index in [4.69, 9.17) is 9.84 Å². The Balaban J connectivity index is 0.00000169. The second kappa shape index (κ2) is 6.05. The molecule has 1 aromatic rings. The molecule has 14 heavy (non-hydrogen) atoms. The lowest BCUT2D eigenvalue weighted by molar-refractivity contribution is 0.321. The van der Waals surface area contributed by atoms with Crippen molar-refractivity contribution in [3.8, 4) is 11.5 Å². The van der Waals surface area contributed by atoms with E-state index >= 15 is 0 Å². The first-order chi connectivity index (χ1) is 6.18. The zero-order valence-electron chi connectivity index (χ0n) is 8.29. The highest BCUT2D eigenvalue weighted by Gasteiger charge is 1.93. The Bertz CT molecular complexity index is 277. The molecule has 0 radical (unpaired) electrons. The van der Waals surface area contributed by atoms with E-state index in [0.29, 0.717) is 6.61 Å². The minimum atomic E-state index is 0. The lowest BCUT2D eigenvalue weighted by atomic mass is 10.2. The van der Waals surface area contributed by atoms with Crippen molar-refractivity contribution in [1.82, 2.24) is 0 Å². The first kappa shape index (κ1) is 12.5. The van der Waals surface area contributed by atoms with E-state index < -0.39 is 0 Å². The standard InChI is InChI=1S/C11H14O2.H2O/c1-9(2)7-8-13-11-5-3-10(12)4-6-11;/h3-6,12H,1,7-8H2,2H3;1H2. The smallest absolute Gasteiger partial charge is 0.119 e. The third-order valence-electron chi connectivity index (χ3n) is 1.63. The van der Waals surface area contributed by atoms with Crippen LogP contribution in [0.25, 0.3) is 0 Å². The molecule has 0 aliphatic heterocycles. The van der Waals surface area contributed by atoms with Gasteiger partial charge in [0.1, 0.15) is 11.5 Å². The third kappa shape index (κ3) is 4.52. The fraction of sp³-hybridized carbons (Fsp3) is 0.273. The van der Waals surface area contributed by atoms with Crippen LogP contribution in [0.15, 0.2) is 36.4 Å². The number of hydrogen-bond acceptors (Lipinski definition) is 2. The maximum absolute atomic E-state index is 9.00. The number of phenolic OH excluding ortho intramolecular Hbond substituents is 1. The molecule has 3 N–H and O–H groups in total. The van der Waals surface area contributed by atoms with Gasteiger partial charge in [0.05, 0.1) is 6.61 Å². The lowest BCUT2D eigenvalue weighted by Crippen LogP contribution is -1.96. The summed E-state index contributed by atoms with van der Waals surface area (Å²) in [7, 11) is 0. The minimum Gasteiger partial charge on any atom is -0.508 e. The van der Waals surface area contributed by atoms with Gasteiger partial charge in [0.2, 0.25) is 0 Å². The molecule has 0 heterocycles. The molecule has 0 fully saturated rings. The maximum Gasteiger partial charge on any atom is 0.119 e. The molecule has 0 aliphatic carbocycles. The van der Waals surface area contributed by atoms with Gasteiger partial charge in [-0.05, 0) is 31.2 Å². The van der Waals surface area contributed by atoms with Crippen molar-refractivity contribution in [3.05, 3.63) is 36.4 Å². The van der Waals surface area contributed by atoms with Gasteiger partial charge in [-0.25, -0.2) is 0 Å². The highest BCUT2D eigenvalue weighted by molar-refractivity contribution is 5.30. The van der Waals surface area contributed by atoms with E-state index in [1.165, 1.54) is 0 Å². The van der Waals surface area contributed by atoms with E-state index in [-0.39, 0.29) is 11.2 Å². The van der Waals surface area contributed by atoms with Crippen LogP contribution in [0.4, 0.5) is 0 Å². The van der Waals surface area contributed by atoms with Crippen LogP contribution in [0.2, 0.25) is 0 Å². The van der Waals surface area contributed by atoms with E-state index in [1.807, 2.05) is 6.92 Å². The molecule has 0 aliphatic rings. The summed E-state index contributed by atoms with van der Waals surface area (Å²) in [4.78, 5) is 0. The Labute approximate surface area is 84.0 Å². The van der Waals surface area contributed by atoms with E-state index in [0.717, 1.165) is 17.7 Å². The number of benzene rings is 1. The molecule has 0 unspecified atom stereocenters. The number of hydrogen-bond donors (Lipinski definition) is 1. The maximum atomic E-state index is 9.00. The molecule has 3 heteroatoms. The topological polar surface area (TPSA) is 61.0 Å². The fourth-order valence-corrected chi connectivity index (χ4v) is 0.885. The second-order valence-corrected chi connectivity index (χ2v) is 3.05. The van der Waals surface area contributed by atoms with Crippen molar-refractivity contribution < 1.29 is 15.3 Å². The Hall–Kier alpha value is -1.48. The highest BCUT2D eigenvalue weighted by atomic mass is 16.5. The van der Waals surface area contributed by atoms with Gasteiger partial charge in [-0.1, -0.05) is 5.57 Å². The SMILES string of the molecule is C=C(C)CCOc1ccc(O)cc1.O. The summed E-state index contributed by atoms with van der Waals surface area (Å²) in [5.41, 5.74) is 1.11. The van der Waals surface area contributed by atoms with Gasteiger partial charge in [0.25, 0.3) is 0 Å². The Morgan fingerprint density at radius 1 is 1.36 bits per heavy atom. The fourth-order valence-electron chi connectivity index (χ4n) is 0.885. The van der Waals surface area contributed by atoms with Crippen LogP contribution in [0.1, 0.15) is 13.3 Å². The summed E-state index contributed by atoms with van der Waals surface area (Å²) in [6, 6.07) is 6.70. The molecule has 0 saturated carbocycles. The Kier molecular flexibility index (Phi) is 5.41. The summed E-state index contributed by atoms with van der Waals surface area (Å²) in [6.45, 7) is 6.39. The highest BCUT2D eigenvalue weighted by Crippen LogP contribution is 2.16. The van der Waals surface area contributed by atoms with Gasteiger partial charge in [-0.15, -0.1) is 6.58 Å². The molecule has 3 nitrogen and oxygen atoms in total. The monoisotopic (exact) mass is 196 g/mol. The van der Waals surface area contributed by atoms with E-state index in [9.17, 15) is 0 Å². The van der Waals surface area contributed by atoms with Crippen LogP contribution in [-0.2, 0) is 0 Å². The summed E-state index contributed by atoms with van der Waals surface area (Å²) < 4.78 is 5.40. The van der Waals surface area contributed by atoms with Crippen molar-refractivity contribution in [3.63, 3.8) is 0 Å². The molecule has 0 amide bonds. The first-order valence-electron chi connectivity index (χ1n) is 4.24. The van der Waals surface area contributed by atoms with Crippen LogP contribution in [0.3, 0.4) is 0 Å². The zero-order chi connectivity index (χ0) is 9.68. The van der Waals surface area contributed by atoms with Crippen molar-refractivity contribution in [2.24, 2.45) is 0 Å². The molecule has 0 atom stereocenters. The average Bonchev–Trinajstić information content (AvgIpc) is 2.08. The normalized spacial score (nSPS) is 8.93. The summed E-state index contributed by atoms with van der Waals surface area (Å²) in [5, 5.41) is 9.00. The van der Waals surface area contributed by atoms with Crippen molar-refractivity contribution >= 4 is 0 Å². The molecule has 0 spiro atoms. The predicted molar refractivity (Wildman–Crippen MR) is 56.6 cm³/mol. The minimum absolute atomic E-state index is 0. The molecular formula is C11H16O3. The van der Waals surface area contributed by atoms with Crippen LogP contribution in [0, 0.1) is 0 Å². The number of aromatic hydroxyl groups is 1. The molecule has 0 bridgehead atoms. The van der Waals surface area contributed by atoms with Crippen LogP contribution in [0.5, 0.6) is 11.5 Å². The summed E-state index contributed by atoms with van der Waals surface area (Å²) in [6.07, 6.45) is 0.862. The Morgan fingerprint density at radius 3 is 2.43 bits per heavy atom. The summed E-state index contributed by atoms with van der Waals surface area (Å²) >= 11 is 0. The van der Waals surface area contributed by atoms with Gasteiger partial charge in [0.15, 0.2) is 0 Å². The first-order valence-corrected chi connectivity index (χ1v) is 4.24. The lowest BCUT2D eigenvalue weighted by Gasteiger charge is -2.05. The van der Waals surface area contributed by atoms with E-state index in [2.05, 4.69) is 6.58 Å². The number of phenols is 1. The molecule has 78 valence electrons. The van der Waals surface area contributed by atoms with Crippen molar-refractivity contribution in [2.75, 3.05) is 6.61 Å². The van der Waals surface area contributed by atoms with Crippen molar-refractivity contribution in [1.29, 1.82) is 0 Å². The van der Waals surface area contributed by atoms with Crippen molar-refractivity contribution in [2.45, 2.75) is 13.3 Å². The molecule has 0 saturated heterocycles. The molecular weight excluding hydrogens is 180 g/mol. The molecule has 0 aromatic heterocycles. The zero-order valence-corrected chi connectivity index (χ0v) is 8.29. The quantitative estimate of drug-likeness (QED) is 0.748. The Morgan fingerprint density at radius 2 is 1.93 bits per heavy atom. The van der Waals surface area contributed by atoms with Gasteiger partial charge in [0, 0.05) is 6.42 Å². The molecule has 1 aromatic carbocycles. The van der Waals surface area contributed by atoms with Gasteiger partial charge < -0.3 is 15.3 Å². The second-order valence-electron chi connectivity index (χ2n) is 3.05. The largest absolute Gasteiger partial charge is 0.508 e. The van der Waals surface area contributed by atoms with E-state index in [1.54, 1.807) is 24.3 Å². The predicted octanol–water partition coefficient (Wildman–Crippen LogP) is 1.91. The number of ether oxygens (including phenoxy) is 1. The van der Waals surface area contributed by atoms with Crippen LogP contribution in [-0.4, -0.2) is 17.2 Å². The average molecular weight is 196 g/mol. The van der Waals surface area contributed by atoms with Gasteiger partial charge in [-0.2, -0.15) is 0 Å². The van der Waals surface area contributed by atoms with Gasteiger partial charge >= 0.3 is 0 Å². The third-order valence-corrected chi connectivity index (χ3v) is 1.63. The van der Waals surface area contributed by atoms with Gasteiger partial charge in [-0.3, -0.25) is 0 Å². The van der Waals surface area contributed by atoms with Crippen LogP contribution >= 0.6 is 0 Å². The van der Waals surface area contributed by atoms with Crippen LogP contribution < -0.4 is 4.74 Å². The molecule has 1 rings (SSSR count).